The first-order valence-corrected chi connectivity index (χ1v) is 11.3. The van der Waals surface area contributed by atoms with Crippen molar-refractivity contribution in [3.05, 3.63) is 35.6 Å². The average molecular weight is 399 g/mol. The Morgan fingerprint density at radius 1 is 1.28 bits per heavy atom. The fraction of sp³-hybridized carbons (Fsp3) is 0.720. The molecule has 5 aliphatic rings. The third-order valence-electron chi connectivity index (χ3n) is 8.76. The zero-order valence-electron chi connectivity index (χ0n) is 18.2. The van der Waals surface area contributed by atoms with Gasteiger partial charge in [0.2, 0.25) is 0 Å². The Morgan fingerprint density at radius 3 is 2.59 bits per heavy atom. The number of carbonyl (C=O) groups excluding carboxylic acids is 1. The van der Waals surface area contributed by atoms with Gasteiger partial charge in [0.15, 0.2) is 5.78 Å². The fourth-order valence-corrected chi connectivity index (χ4v) is 6.85. The van der Waals surface area contributed by atoms with Crippen molar-refractivity contribution >= 4 is 5.78 Å². The number of ether oxygens (including phenoxy) is 2. The highest BCUT2D eigenvalue weighted by Crippen LogP contribution is 2.74. The molecule has 0 radical (unpaired) electrons. The van der Waals surface area contributed by atoms with Gasteiger partial charge in [0, 0.05) is 23.5 Å². The lowest BCUT2D eigenvalue weighted by Crippen LogP contribution is -2.47. The van der Waals surface area contributed by atoms with E-state index < -0.39 is 17.3 Å². The Hall–Kier alpha value is -1.39. The summed E-state index contributed by atoms with van der Waals surface area (Å²) in [6.45, 7) is 12.3. The molecule has 0 unspecified atom stereocenters. The van der Waals surface area contributed by atoms with Crippen LogP contribution in [0.5, 0.6) is 0 Å². The number of aliphatic hydroxyl groups excluding tert-OH is 1. The molecule has 2 aliphatic heterocycles. The number of allylic oxidation sites excluding steroid dienone is 3. The van der Waals surface area contributed by atoms with Crippen LogP contribution < -0.4 is 0 Å². The number of rotatable bonds is 3. The average Bonchev–Trinajstić information content (AvgIpc) is 3.28. The molecule has 3 aliphatic carbocycles. The number of Topliss-reactive ketones (excluding diaryl/α,β-unsaturated/α-hetero) is 1. The normalized spacial score (nSPS) is 44.8. The van der Waals surface area contributed by atoms with Gasteiger partial charge >= 0.3 is 0 Å². The molecule has 2 saturated carbocycles. The minimum atomic E-state index is -0.837. The molecule has 1 N–H and O–H groups in total. The minimum Gasteiger partial charge on any atom is -0.487 e. The monoisotopic (exact) mass is 398 g/mol. The highest BCUT2D eigenvalue weighted by atomic mass is 16.6. The molecule has 4 nitrogen and oxygen atoms in total. The van der Waals surface area contributed by atoms with Gasteiger partial charge in [-0.25, -0.2) is 0 Å². The van der Waals surface area contributed by atoms with Crippen LogP contribution in [0.25, 0.3) is 0 Å². The third-order valence-corrected chi connectivity index (χ3v) is 8.76. The van der Waals surface area contributed by atoms with Crippen LogP contribution in [0.2, 0.25) is 0 Å². The molecule has 0 aromatic carbocycles. The van der Waals surface area contributed by atoms with Crippen LogP contribution >= 0.6 is 0 Å². The molecular formula is C25H34O4. The zero-order chi connectivity index (χ0) is 20.8. The Bertz CT molecular complexity index is 849. The van der Waals surface area contributed by atoms with Gasteiger partial charge in [0.25, 0.3) is 0 Å². The molecule has 3 fully saturated rings. The van der Waals surface area contributed by atoms with Crippen LogP contribution in [0.1, 0.15) is 72.6 Å². The summed E-state index contributed by atoms with van der Waals surface area (Å²) in [5, 5.41) is 10.7. The molecule has 4 heteroatoms. The number of fused-ring (bicyclic) bond motifs is 3. The lowest BCUT2D eigenvalue weighted by molar-refractivity contribution is -0.130. The fourth-order valence-electron chi connectivity index (χ4n) is 6.85. The van der Waals surface area contributed by atoms with Gasteiger partial charge in [0.05, 0.1) is 11.7 Å². The second-order valence-electron chi connectivity index (χ2n) is 10.9. The number of hydrogen-bond donors (Lipinski definition) is 1. The summed E-state index contributed by atoms with van der Waals surface area (Å²) in [6.07, 6.45) is 9.22. The smallest absolute Gasteiger partial charge is 0.188 e. The van der Waals surface area contributed by atoms with E-state index in [2.05, 4.69) is 20.4 Å². The molecule has 0 bridgehead atoms. The first-order chi connectivity index (χ1) is 13.6. The van der Waals surface area contributed by atoms with Crippen molar-refractivity contribution in [2.24, 2.45) is 17.3 Å². The standard InChI is InChI=1S/C25H34O4/c1-6-7-16-12-25(14-19(26)22(4,5)29-25)21-17(20(16)27)8-9-24(28-21)11-10-23(15(2)3)13-18(23)24/h6,12,15,18-19,26H,1,7-11,13-14H2,2-5H3/t18-,19+,23+,24+,25+/m1/s1. The van der Waals surface area contributed by atoms with E-state index in [-0.39, 0.29) is 11.4 Å². The molecule has 0 aromatic rings. The van der Waals surface area contributed by atoms with Crippen molar-refractivity contribution in [1.29, 1.82) is 0 Å². The molecule has 0 aromatic heterocycles. The summed E-state index contributed by atoms with van der Waals surface area (Å²) in [5.41, 5.74) is 0.222. The lowest BCUT2D eigenvalue weighted by atomic mass is 9.76. The van der Waals surface area contributed by atoms with Crippen molar-refractivity contribution in [2.45, 2.75) is 95.5 Å². The quantitative estimate of drug-likeness (QED) is 0.704. The maximum Gasteiger partial charge on any atom is 0.188 e. The largest absolute Gasteiger partial charge is 0.487 e. The van der Waals surface area contributed by atoms with Crippen LogP contribution in [-0.2, 0) is 14.3 Å². The molecule has 5 atom stereocenters. The minimum absolute atomic E-state index is 0.0760. The Labute approximate surface area is 174 Å². The van der Waals surface area contributed by atoms with Gasteiger partial charge in [-0.05, 0) is 69.8 Å². The second kappa shape index (κ2) is 5.85. The van der Waals surface area contributed by atoms with Crippen molar-refractivity contribution in [2.75, 3.05) is 0 Å². The molecular weight excluding hydrogens is 364 g/mol. The van der Waals surface area contributed by atoms with E-state index in [0.29, 0.717) is 35.9 Å². The Morgan fingerprint density at radius 2 is 2.03 bits per heavy atom. The van der Waals surface area contributed by atoms with Gasteiger partial charge < -0.3 is 14.6 Å². The number of aliphatic hydroxyl groups is 1. The molecule has 5 rings (SSSR count). The summed E-state index contributed by atoms with van der Waals surface area (Å²) < 4.78 is 13.4. The van der Waals surface area contributed by atoms with E-state index in [1.165, 1.54) is 12.8 Å². The Kier molecular flexibility index (Phi) is 3.95. The predicted octanol–water partition coefficient (Wildman–Crippen LogP) is 4.63. The van der Waals surface area contributed by atoms with Gasteiger partial charge in [-0.2, -0.15) is 0 Å². The second-order valence-corrected chi connectivity index (χ2v) is 10.9. The molecule has 29 heavy (non-hydrogen) atoms. The first kappa shape index (κ1) is 19.6. The van der Waals surface area contributed by atoms with E-state index in [1.807, 2.05) is 19.9 Å². The van der Waals surface area contributed by atoms with Crippen LogP contribution in [0.4, 0.5) is 0 Å². The maximum absolute atomic E-state index is 13.2. The van der Waals surface area contributed by atoms with Gasteiger partial charge in [-0.3, -0.25) is 4.79 Å². The van der Waals surface area contributed by atoms with Crippen LogP contribution in [0.15, 0.2) is 35.6 Å². The molecule has 0 amide bonds. The van der Waals surface area contributed by atoms with Gasteiger partial charge in [-0.15, -0.1) is 6.58 Å². The molecule has 158 valence electrons. The van der Waals surface area contributed by atoms with Crippen molar-refractivity contribution in [1.82, 2.24) is 0 Å². The van der Waals surface area contributed by atoms with Crippen molar-refractivity contribution < 1.29 is 19.4 Å². The summed E-state index contributed by atoms with van der Waals surface area (Å²) in [7, 11) is 0. The summed E-state index contributed by atoms with van der Waals surface area (Å²) in [6, 6.07) is 0. The molecule has 1 saturated heterocycles. The van der Waals surface area contributed by atoms with Crippen molar-refractivity contribution in [3.63, 3.8) is 0 Å². The molecule has 2 heterocycles. The molecule has 2 spiro atoms. The number of carbonyl (C=O) groups is 1. The summed E-state index contributed by atoms with van der Waals surface area (Å²) in [4.78, 5) is 13.2. The van der Waals surface area contributed by atoms with E-state index in [1.54, 1.807) is 6.08 Å². The predicted molar refractivity (Wildman–Crippen MR) is 111 cm³/mol. The summed E-state index contributed by atoms with van der Waals surface area (Å²) >= 11 is 0. The van der Waals surface area contributed by atoms with E-state index >= 15 is 0 Å². The maximum atomic E-state index is 13.2. The number of hydrogen-bond acceptors (Lipinski definition) is 4. The topological polar surface area (TPSA) is 55.8 Å². The summed E-state index contributed by atoms with van der Waals surface area (Å²) in [5.74, 6) is 2.02. The van der Waals surface area contributed by atoms with E-state index in [4.69, 9.17) is 9.47 Å². The number of ketones is 1. The van der Waals surface area contributed by atoms with Crippen LogP contribution in [-0.4, -0.2) is 33.8 Å². The Balaban J connectivity index is 1.56. The SMILES string of the molecule is C=CCC1=C[C@]2(C[C@H](O)C(C)(C)O2)C2=C(CC[C@@]3(CC[C@@]4(C(C)C)C[C@@H]34)O2)C1=O. The zero-order valence-corrected chi connectivity index (χ0v) is 18.2. The highest BCUT2D eigenvalue weighted by Gasteiger charge is 2.72. The van der Waals surface area contributed by atoms with Crippen LogP contribution in [0, 0.1) is 17.3 Å². The van der Waals surface area contributed by atoms with Gasteiger partial charge in [-0.1, -0.05) is 19.9 Å². The highest BCUT2D eigenvalue weighted by molar-refractivity contribution is 6.10. The van der Waals surface area contributed by atoms with Crippen LogP contribution in [0.3, 0.4) is 0 Å². The lowest BCUT2D eigenvalue weighted by Gasteiger charge is -2.45. The van der Waals surface area contributed by atoms with Crippen molar-refractivity contribution in [3.8, 4) is 0 Å². The third kappa shape index (κ3) is 2.48. The van der Waals surface area contributed by atoms with E-state index in [9.17, 15) is 9.90 Å². The first-order valence-electron chi connectivity index (χ1n) is 11.3. The van der Waals surface area contributed by atoms with Gasteiger partial charge in [0.1, 0.15) is 17.0 Å². The van der Waals surface area contributed by atoms with E-state index in [0.717, 1.165) is 30.4 Å².